The molecule has 0 spiro atoms. The molecule has 0 atom stereocenters. The van der Waals surface area contributed by atoms with E-state index in [2.05, 4.69) is 4.98 Å². The molecule has 4 rings (SSSR count). The summed E-state index contributed by atoms with van der Waals surface area (Å²) in [5.74, 6) is 0.585. The molecule has 2 aliphatic rings. The Balaban J connectivity index is 1.32. The molecule has 22 heavy (non-hydrogen) atoms. The Morgan fingerprint density at radius 3 is 2.82 bits per heavy atom. The largest absolute Gasteiger partial charge is 0.350 e. The van der Waals surface area contributed by atoms with Crippen LogP contribution in [0.25, 0.3) is 4.96 Å². The number of amides is 1. The second kappa shape index (κ2) is 5.98. The van der Waals surface area contributed by atoms with Gasteiger partial charge in [0.1, 0.15) is 0 Å². The van der Waals surface area contributed by atoms with E-state index < -0.39 is 0 Å². The van der Waals surface area contributed by atoms with Crippen molar-refractivity contribution in [2.24, 2.45) is 5.92 Å². The SMILES string of the molecule is O=C(Cc1cn2ccsc2n1)N1CCC(C2OCCO2)CC1. The van der Waals surface area contributed by atoms with Gasteiger partial charge < -0.3 is 14.4 Å². The highest BCUT2D eigenvalue weighted by molar-refractivity contribution is 7.15. The third-order valence-electron chi connectivity index (χ3n) is 4.40. The Labute approximate surface area is 132 Å². The number of likely N-dealkylation sites (tertiary alicyclic amines) is 1. The zero-order valence-corrected chi connectivity index (χ0v) is 13.1. The van der Waals surface area contributed by atoms with Crippen molar-refractivity contribution in [1.29, 1.82) is 0 Å². The normalized spacial score (nSPS) is 21.0. The van der Waals surface area contributed by atoms with E-state index in [1.807, 2.05) is 27.1 Å². The number of thiazole rings is 1. The van der Waals surface area contributed by atoms with Gasteiger partial charge in [0.2, 0.25) is 5.91 Å². The molecule has 2 saturated heterocycles. The molecule has 2 aromatic heterocycles. The predicted octanol–water partition coefficient (Wildman–Crippen LogP) is 1.55. The number of rotatable bonds is 3. The molecule has 2 fully saturated rings. The lowest BCUT2D eigenvalue weighted by Crippen LogP contribution is -2.42. The zero-order chi connectivity index (χ0) is 14.9. The highest BCUT2D eigenvalue weighted by Gasteiger charge is 2.31. The van der Waals surface area contributed by atoms with Crippen molar-refractivity contribution in [3.05, 3.63) is 23.5 Å². The number of aromatic nitrogens is 2. The minimum absolute atomic E-state index is 0.0582. The van der Waals surface area contributed by atoms with Crippen LogP contribution in [0.5, 0.6) is 0 Å². The Hall–Kier alpha value is -1.44. The van der Waals surface area contributed by atoms with E-state index in [4.69, 9.17) is 9.47 Å². The molecule has 118 valence electrons. The molecule has 0 N–H and O–H groups in total. The standard InChI is InChI=1S/C15H19N3O3S/c19-13(9-12-10-18-5-8-22-15(18)16-12)17-3-1-11(2-4-17)14-20-6-7-21-14/h5,8,10-11,14H,1-4,6-7,9H2. The van der Waals surface area contributed by atoms with Crippen LogP contribution >= 0.6 is 11.3 Å². The van der Waals surface area contributed by atoms with Gasteiger partial charge in [-0.15, -0.1) is 11.3 Å². The molecule has 6 nitrogen and oxygen atoms in total. The first-order chi connectivity index (χ1) is 10.8. The maximum Gasteiger partial charge on any atom is 0.228 e. The van der Waals surface area contributed by atoms with Gasteiger partial charge in [0, 0.05) is 36.8 Å². The van der Waals surface area contributed by atoms with Crippen LogP contribution in [0.1, 0.15) is 18.5 Å². The highest BCUT2D eigenvalue weighted by Crippen LogP contribution is 2.26. The lowest BCUT2D eigenvalue weighted by molar-refractivity contribution is -0.136. The molecule has 0 aromatic carbocycles. The van der Waals surface area contributed by atoms with E-state index in [-0.39, 0.29) is 12.2 Å². The number of piperidine rings is 1. The summed E-state index contributed by atoms with van der Waals surface area (Å²) in [5, 5.41) is 1.99. The van der Waals surface area contributed by atoms with Gasteiger partial charge in [-0.25, -0.2) is 4.98 Å². The van der Waals surface area contributed by atoms with Gasteiger partial charge in [-0.2, -0.15) is 0 Å². The molecule has 0 radical (unpaired) electrons. The van der Waals surface area contributed by atoms with Gasteiger partial charge in [-0.3, -0.25) is 9.20 Å². The molecule has 0 aliphatic carbocycles. The van der Waals surface area contributed by atoms with E-state index in [1.54, 1.807) is 11.3 Å². The van der Waals surface area contributed by atoms with Gasteiger partial charge in [-0.05, 0) is 12.8 Å². The van der Waals surface area contributed by atoms with Crippen molar-refractivity contribution in [1.82, 2.24) is 14.3 Å². The molecule has 4 heterocycles. The van der Waals surface area contributed by atoms with Crippen LogP contribution in [-0.2, 0) is 20.7 Å². The molecule has 2 aromatic rings. The first-order valence-electron chi connectivity index (χ1n) is 7.71. The Morgan fingerprint density at radius 1 is 1.32 bits per heavy atom. The summed E-state index contributed by atoms with van der Waals surface area (Å²) in [6, 6.07) is 0. The second-order valence-electron chi connectivity index (χ2n) is 5.83. The van der Waals surface area contributed by atoms with Gasteiger partial charge >= 0.3 is 0 Å². The fourth-order valence-corrected chi connectivity index (χ4v) is 3.92. The quantitative estimate of drug-likeness (QED) is 0.861. The summed E-state index contributed by atoms with van der Waals surface area (Å²) < 4.78 is 13.1. The molecule has 7 heteroatoms. The molecule has 0 bridgehead atoms. The first-order valence-corrected chi connectivity index (χ1v) is 8.59. The Bertz CT molecular complexity index is 625. The summed E-state index contributed by atoms with van der Waals surface area (Å²) in [4.78, 5) is 19.8. The summed E-state index contributed by atoms with van der Waals surface area (Å²) in [5.41, 5.74) is 0.849. The smallest absolute Gasteiger partial charge is 0.228 e. The van der Waals surface area contributed by atoms with Gasteiger partial charge in [-0.1, -0.05) is 0 Å². The molecular formula is C15H19N3O3S. The van der Waals surface area contributed by atoms with Gasteiger partial charge in [0.15, 0.2) is 11.3 Å². The molecule has 0 unspecified atom stereocenters. The lowest BCUT2D eigenvalue weighted by atomic mass is 9.96. The monoisotopic (exact) mass is 321 g/mol. The fourth-order valence-electron chi connectivity index (χ4n) is 3.20. The van der Waals surface area contributed by atoms with E-state index in [1.165, 1.54) is 0 Å². The van der Waals surface area contributed by atoms with Gasteiger partial charge in [0.25, 0.3) is 0 Å². The first kappa shape index (κ1) is 14.2. The number of carbonyl (C=O) groups is 1. The zero-order valence-electron chi connectivity index (χ0n) is 12.3. The number of hydrogen-bond acceptors (Lipinski definition) is 5. The minimum atomic E-state index is -0.0582. The van der Waals surface area contributed by atoms with Crippen LogP contribution in [-0.4, -0.2) is 52.8 Å². The van der Waals surface area contributed by atoms with Crippen LogP contribution in [0, 0.1) is 5.92 Å². The second-order valence-corrected chi connectivity index (χ2v) is 6.70. The summed E-state index contributed by atoms with van der Waals surface area (Å²) in [7, 11) is 0. The third-order valence-corrected chi connectivity index (χ3v) is 5.17. The molecule has 2 aliphatic heterocycles. The number of fused-ring (bicyclic) bond motifs is 1. The van der Waals surface area contributed by atoms with Crippen molar-refractivity contribution < 1.29 is 14.3 Å². The third kappa shape index (κ3) is 2.76. The van der Waals surface area contributed by atoms with E-state index in [0.29, 0.717) is 25.6 Å². The highest BCUT2D eigenvalue weighted by atomic mass is 32.1. The van der Waals surface area contributed by atoms with E-state index in [0.717, 1.165) is 36.6 Å². The molecule has 0 saturated carbocycles. The maximum absolute atomic E-state index is 12.4. The minimum Gasteiger partial charge on any atom is -0.350 e. The average molecular weight is 321 g/mol. The van der Waals surface area contributed by atoms with Crippen LogP contribution < -0.4 is 0 Å². The predicted molar refractivity (Wildman–Crippen MR) is 81.8 cm³/mol. The Morgan fingerprint density at radius 2 is 2.09 bits per heavy atom. The van der Waals surface area contributed by atoms with Crippen LogP contribution in [0.4, 0.5) is 0 Å². The van der Waals surface area contributed by atoms with Crippen molar-refractivity contribution in [2.45, 2.75) is 25.6 Å². The number of carbonyl (C=O) groups excluding carboxylic acids is 1. The fraction of sp³-hybridized carbons (Fsp3) is 0.600. The maximum atomic E-state index is 12.4. The van der Waals surface area contributed by atoms with E-state index in [9.17, 15) is 4.79 Å². The summed E-state index contributed by atoms with van der Waals surface area (Å²) in [6.45, 7) is 2.96. The summed E-state index contributed by atoms with van der Waals surface area (Å²) in [6.07, 6.45) is 6.14. The van der Waals surface area contributed by atoms with Crippen LogP contribution in [0.3, 0.4) is 0 Å². The van der Waals surface area contributed by atoms with Crippen molar-refractivity contribution >= 4 is 22.2 Å². The number of imidazole rings is 1. The Kier molecular flexibility index (Phi) is 3.85. The number of hydrogen-bond donors (Lipinski definition) is 0. The average Bonchev–Trinajstić information content (AvgIpc) is 3.24. The van der Waals surface area contributed by atoms with Crippen molar-refractivity contribution in [3.8, 4) is 0 Å². The van der Waals surface area contributed by atoms with Crippen molar-refractivity contribution in [2.75, 3.05) is 26.3 Å². The van der Waals surface area contributed by atoms with Crippen molar-refractivity contribution in [3.63, 3.8) is 0 Å². The lowest BCUT2D eigenvalue weighted by Gasteiger charge is -2.33. The van der Waals surface area contributed by atoms with Crippen LogP contribution in [0.15, 0.2) is 17.8 Å². The number of ether oxygens (including phenoxy) is 2. The van der Waals surface area contributed by atoms with E-state index >= 15 is 0 Å². The molecule has 1 amide bonds. The summed E-state index contributed by atoms with van der Waals surface area (Å²) >= 11 is 1.58. The number of nitrogens with zero attached hydrogens (tertiary/aromatic N) is 3. The van der Waals surface area contributed by atoms with Crippen LogP contribution in [0.2, 0.25) is 0 Å². The topological polar surface area (TPSA) is 56.1 Å². The molecular weight excluding hydrogens is 302 g/mol. The van der Waals surface area contributed by atoms with Gasteiger partial charge in [0.05, 0.1) is 25.3 Å².